The Morgan fingerprint density at radius 1 is 1.12 bits per heavy atom. The van der Waals surface area contributed by atoms with E-state index in [-0.39, 0.29) is 24.3 Å². The molecule has 0 unspecified atom stereocenters. The molecule has 4 rings (SSSR count). The molecule has 0 spiro atoms. The number of nitrogens with zero attached hydrogens (tertiary/aromatic N) is 1. The summed E-state index contributed by atoms with van der Waals surface area (Å²) < 4.78 is 13.2. The van der Waals surface area contributed by atoms with E-state index in [1.807, 2.05) is 48.5 Å². The zero-order valence-corrected chi connectivity index (χ0v) is 23.2. The Hall–Kier alpha value is -2.01. The first-order chi connectivity index (χ1) is 16.4. The van der Waals surface area contributed by atoms with Crippen molar-refractivity contribution in [1.29, 1.82) is 0 Å². The number of carbonyl (C=O) groups is 2. The predicted molar refractivity (Wildman–Crippen MR) is 147 cm³/mol. The van der Waals surface area contributed by atoms with Crippen molar-refractivity contribution in [3.05, 3.63) is 95.3 Å². The van der Waals surface area contributed by atoms with E-state index in [0.29, 0.717) is 31.5 Å². The van der Waals surface area contributed by atoms with Gasteiger partial charge in [-0.05, 0) is 97.8 Å². The average molecular weight is 671 g/mol. The molecule has 0 radical (unpaired) electrons. The summed E-state index contributed by atoms with van der Waals surface area (Å²) in [6.45, 7) is 0.506. The van der Waals surface area contributed by atoms with Crippen molar-refractivity contribution in [3.63, 3.8) is 0 Å². The van der Waals surface area contributed by atoms with Crippen LogP contribution in [0, 0.1) is 3.57 Å². The van der Waals surface area contributed by atoms with Crippen molar-refractivity contribution in [3.8, 4) is 11.5 Å². The third-order valence-electron chi connectivity index (χ3n) is 5.01. The highest BCUT2D eigenvalue weighted by atomic mass is 127. The first-order valence-electron chi connectivity index (χ1n) is 10.1. The van der Waals surface area contributed by atoms with Gasteiger partial charge in [0.1, 0.15) is 6.61 Å². The molecule has 1 heterocycles. The van der Waals surface area contributed by atoms with E-state index in [9.17, 15) is 9.59 Å². The molecular formula is C25H18BrClINO4S. The number of methoxy groups -OCH3 is 1. The minimum absolute atomic E-state index is 0.237. The molecule has 3 aromatic rings. The number of amides is 2. The molecule has 1 saturated heterocycles. The highest BCUT2D eigenvalue weighted by molar-refractivity contribution is 14.1. The monoisotopic (exact) mass is 669 g/mol. The average Bonchev–Trinajstić information content (AvgIpc) is 3.07. The van der Waals surface area contributed by atoms with E-state index < -0.39 is 0 Å². The molecule has 1 aliphatic heterocycles. The Labute approximate surface area is 228 Å². The van der Waals surface area contributed by atoms with Crippen LogP contribution in [0.1, 0.15) is 16.7 Å². The van der Waals surface area contributed by atoms with E-state index in [1.165, 1.54) is 4.90 Å². The minimum atomic E-state index is -0.317. The van der Waals surface area contributed by atoms with Crippen LogP contribution in [0.15, 0.2) is 70.0 Å². The Morgan fingerprint density at radius 3 is 2.56 bits per heavy atom. The molecule has 1 aliphatic rings. The summed E-state index contributed by atoms with van der Waals surface area (Å²) in [5.74, 6) is 0.694. The summed E-state index contributed by atoms with van der Waals surface area (Å²) in [5.41, 5.74) is 2.45. The van der Waals surface area contributed by atoms with Crippen molar-refractivity contribution in [2.24, 2.45) is 0 Å². The highest BCUT2D eigenvalue weighted by Crippen LogP contribution is 2.40. The summed E-state index contributed by atoms with van der Waals surface area (Å²) in [4.78, 5) is 27.0. The lowest BCUT2D eigenvalue weighted by atomic mass is 10.1. The SMILES string of the molecule is COc1cc(/C=C2/SC(=O)N(Cc3ccc(I)cc3)C2=O)cc(Br)c1OCc1ccccc1Cl. The molecule has 0 atom stereocenters. The maximum absolute atomic E-state index is 12.9. The second-order valence-electron chi connectivity index (χ2n) is 7.31. The lowest BCUT2D eigenvalue weighted by Gasteiger charge is -2.14. The van der Waals surface area contributed by atoms with Crippen molar-refractivity contribution in [2.75, 3.05) is 7.11 Å². The lowest BCUT2D eigenvalue weighted by Crippen LogP contribution is -2.27. The zero-order chi connectivity index (χ0) is 24.2. The molecule has 34 heavy (non-hydrogen) atoms. The molecule has 0 bridgehead atoms. The predicted octanol–water partition coefficient (Wildman–Crippen LogP) is 7.53. The minimum Gasteiger partial charge on any atom is -0.493 e. The van der Waals surface area contributed by atoms with Crippen LogP contribution >= 0.6 is 61.9 Å². The zero-order valence-electron chi connectivity index (χ0n) is 17.9. The molecule has 0 N–H and O–H groups in total. The smallest absolute Gasteiger partial charge is 0.293 e. The van der Waals surface area contributed by atoms with Crippen LogP contribution in [0.5, 0.6) is 11.5 Å². The molecule has 0 aromatic heterocycles. The first-order valence-corrected chi connectivity index (χ1v) is 13.2. The van der Waals surface area contributed by atoms with E-state index >= 15 is 0 Å². The van der Waals surface area contributed by atoms with Crippen molar-refractivity contribution in [1.82, 2.24) is 4.90 Å². The highest BCUT2D eigenvalue weighted by Gasteiger charge is 2.35. The van der Waals surface area contributed by atoms with Crippen LogP contribution in [-0.4, -0.2) is 23.2 Å². The summed E-state index contributed by atoms with van der Waals surface area (Å²) >= 11 is 12.9. The molecular weight excluding hydrogens is 653 g/mol. The molecule has 0 saturated carbocycles. The summed E-state index contributed by atoms with van der Waals surface area (Å²) in [5, 5.41) is 0.329. The second kappa shape index (κ2) is 11.2. The van der Waals surface area contributed by atoms with Gasteiger partial charge in [-0.25, -0.2) is 0 Å². The number of benzene rings is 3. The molecule has 5 nitrogen and oxygen atoms in total. The van der Waals surface area contributed by atoms with Crippen LogP contribution < -0.4 is 9.47 Å². The number of carbonyl (C=O) groups excluding carboxylic acids is 2. The number of imide groups is 1. The molecule has 3 aromatic carbocycles. The van der Waals surface area contributed by atoms with Gasteiger partial charge in [-0.3, -0.25) is 14.5 Å². The molecule has 9 heteroatoms. The van der Waals surface area contributed by atoms with Crippen LogP contribution in [0.4, 0.5) is 4.79 Å². The number of hydrogen-bond donors (Lipinski definition) is 0. The van der Waals surface area contributed by atoms with Crippen LogP contribution in [0.25, 0.3) is 6.08 Å². The largest absolute Gasteiger partial charge is 0.493 e. The van der Waals surface area contributed by atoms with Gasteiger partial charge in [0.05, 0.1) is 23.0 Å². The molecule has 2 amide bonds. The molecule has 174 valence electrons. The van der Waals surface area contributed by atoms with Crippen LogP contribution in [0.3, 0.4) is 0 Å². The van der Waals surface area contributed by atoms with Crippen LogP contribution in [-0.2, 0) is 17.9 Å². The van der Waals surface area contributed by atoms with Gasteiger partial charge in [0.25, 0.3) is 11.1 Å². The number of hydrogen-bond acceptors (Lipinski definition) is 5. The van der Waals surface area contributed by atoms with Gasteiger partial charge < -0.3 is 9.47 Å². The third kappa shape index (κ3) is 5.79. The standard InChI is InChI=1S/C25H18BrClINO4S/c1-32-21-11-16(10-19(26)23(21)33-14-17-4-2-3-5-20(17)27)12-22-24(30)29(25(31)34-22)13-15-6-8-18(28)9-7-15/h2-12H,13-14H2,1H3/b22-12+. The maximum Gasteiger partial charge on any atom is 0.293 e. The normalized spacial score (nSPS) is 14.7. The van der Waals surface area contributed by atoms with Gasteiger partial charge >= 0.3 is 0 Å². The number of halogens is 3. The topological polar surface area (TPSA) is 55.8 Å². The van der Waals surface area contributed by atoms with E-state index in [0.717, 1.165) is 26.5 Å². The van der Waals surface area contributed by atoms with Crippen molar-refractivity contribution in [2.45, 2.75) is 13.2 Å². The number of rotatable bonds is 7. The third-order valence-corrected chi connectivity index (χ3v) is 7.59. The summed E-state index contributed by atoms with van der Waals surface area (Å²) in [7, 11) is 1.54. The van der Waals surface area contributed by atoms with Crippen molar-refractivity contribution < 1.29 is 19.1 Å². The van der Waals surface area contributed by atoms with E-state index in [2.05, 4.69) is 38.5 Å². The number of thioether (sulfide) groups is 1. The number of ether oxygens (including phenoxy) is 2. The Morgan fingerprint density at radius 2 is 1.85 bits per heavy atom. The van der Waals surface area contributed by atoms with Gasteiger partial charge in [-0.2, -0.15) is 0 Å². The van der Waals surface area contributed by atoms with E-state index in [1.54, 1.807) is 25.3 Å². The quantitative estimate of drug-likeness (QED) is 0.192. The first kappa shape index (κ1) is 25.1. The summed E-state index contributed by atoms with van der Waals surface area (Å²) in [6.07, 6.45) is 1.68. The maximum atomic E-state index is 12.9. The van der Waals surface area contributed by atoms with Gasteiger partial charge in [-0.1, -0.05) is 41.9 Å². The Kier molecular flexibility index (Phi) is 8.23. The fraction of sp³-hybridized carbons (Fsp3) is 0.120. The Balaban J connectivity index is 1.53. The lowest BCUT2D eigenvalue weighted by molar-refractivity contribution is -0.123. The van der Waals surface area contributed by atoms with Crippen molar-refractivity contribution >= 4 is 79.1 Å². The fourth-order valence-electron chi connectivity index (χ4n) is 3.29. The van der Waals surface area contributed by atoms with Gasteiger partial charge in [0.15, 0.2) is 11.5 Å². The Bertz CT molecular complexity index is 1280. The molecule has 1 fully saturated rings. The summed E-state index contributed by atoms with van der Waals surface area (Å²) in [6, 6.07) is 18.8. The van der Waals surface area contributed by atoms with Gasteiger partial charge in [0.2, 0.25) is 0 Å². The van der Waals surface area contributed by atoms with Crippen LogP contribution in [0.2, 0.25) is 5.02 Å². The van der Waals surface area contributed by atoms with E-state index in [4.69, 9.17) is 21.1 Å². The second-order valence-corrected chi connectivity index (χ2v) is 10.8. The van der Waals surface area contributed by atoms with Gasteiger partial charge in [0, 0.05) is 14.2 Å². The molecule has 0 aliphatic carbocycles. The van der Waals surface area contributed by atoms with Gasteiger partial charge in [-0.15, -0.1) is 0 Å². The fourth-order valence-corrected chi connectivity index (χ4v) is 5.25.